The van der Waals surface area contributed by atoms with Gasteiger partial charge in [-0.2, -0.15) is 0 Å². The van der Waals surface area contributed by atoms with Gasteiger partial charge in [0.05, 0.1) is 10.6 Å². The quantitative estimate of drug-likeness (QED) is 0.583. The lowest BCUT2D eigenvalue weighted by Crippen LogP contribution is -2.31. The number of thioether (sulfide) groups is 1. The molecule has 6 nitrogen and oxygen atoms in total. The second kappa shape index (κ2) is 8.99. The number of rotatable bonds is 5. The zero-order valence-corrected chi connectivity index (χ0v) is 19.5. The summed E-state index contributed by atoms with van der Waals surface area (Å²) < 4.78 is 40.5. The van der Waals surface area contributed by atoms with Crippen molar-refractivity contribution in [2.24, 2.45) is 0 Å². The molecule has 1 N–H and O–H groups in total. The molecule has 0 saturated carbocycles. The van der Waals surface area contributed by atoms with Crippen molar-refractivity contribution in [3.63, 3.8) is 0 Å². The van der Waals surface area contributed by atoms with Gasteiger partial charge in [0, 0.05) is 11.3 Å². The SMILES string of the molecule is Cc1ccc(S(=O)(=O)NC(=O)c2ccc(N3C(=O)CSC3c3ccc(F)cc3)c(C)c2)cc1. The average molecular weight is 485 g/mol. The Balaban J connectivity index is 1.58. The minimum absolute atomic E-state index is 0.00313. The summed E-state index contributed by atoms with van der Waals surface area (Å²) in [6, 6.07) is 16.8. The van der Waals surface area contributed by atoms with Crippen LogP contribution in [-0.2, 0) is 14.8 Å². The van der Waals surface area contributed by atoms with E-state index in [4.69, 9.17) is 0 Å². The van der Waals surface area contributed by atoms with Crippen molar-refractivity contribution >= 4 is 39.3 Å². The first-order chi connectivity index (χ1) is 15.7. The van der Waals surface area contributed by atoms with Gasteiger partial charge in [-0.25, -0.2) is 17.5 Å². The molecule has 2 amide bonds. The molecule has 4 rings (SSSR count). The van der Waals surface area contributed by atoms with Crippen molar-refractivity contribution in [3.8, 4) is 0 Å². The van der Waals surface area contributed by atoms with Crippen molar-refractivity contribution < 1.29 is 22.4 Å². The fourth-order valence-corrected chi connectivity index (χ4v) is 5.73. The Bertz CT molecular complexity index is 1320. The largest absolute Gasteiger partial charge is 0.295 e. The second-order valence-electron chi connectivity index (χ2n) is 7.73. The highest BCUT2D eigenvalue weighted by molar-refractivity contribution is 8.00. The van der Waals surface area contributed by atoms with Gasteiger partial charge in [0.15, 0.2) is 0 Å². The maximum Gasteiger partial charge on any atom is 0.265 e. The van der Waals surface area contributed by atoms with Crippen LogP contribution in [0.15, 0.2) is 71.6 Å². The van der Waals surface area contributed by atoms with E-state index in [1.54, 1.807) is 48.2 Å². The Morgan fingerprint density at radius 1 is 1.03 bits per heavy atom. The van der Waals surface area contributed by atoms with Crippen LogP contribution in [0.3, 0.4) is 0 Å². The third kappa shape index (κ3) is 4.79. The molecule has 3 aromatic rings. The van der Waals surface area contributed by atoms with Gasteiger partial charge in [-0.15, -0.1) is 11.8 Å². The molecule has 0 bridgehead atoms. The molecule has 3 aromatic carbocycles. The number of carbonyl (C=O) groups excluding carboxylic acids is 2. The van der Waals surface area contributed by atoms with Crippen molar-refractivity contribution in [1.29, 1.82) is 0 Å². The molecule has 9 heteroatoms. The normalized spacial score (nSPS) is 16.2. The van der Waals surface area contributed by atoms with Gasteiger partial charge in [0.25, 0.3) is 15.9 Å². The summed E-state index contributed by atoms with van der Waals surface area (Å²) in [6.07, 6.45) is 0. The fraction of sp³-hybridized carbons (Fsp3) is 0.167. The van der Waals surface area contributed by atoms with Crippen LogP contribution in [0.4, 0.5) is 10.1 Å². The first-order valence-electron chi connectivity index (χ1n) is 10.1. The predicted octanol–water partition coefficient (Wildman–Crippen LogP) is 4.34. The average Bonchev–Trinajstić information content (AvgIpc) is 3.15. The maximum absolute atomic E-state index is 13.3. The van der Waals surface area contributed by atoms with Gasteiger partial charge in [-0.05, 0) is 67.4 Å². The molecular weight excluding hydrogens is 463 g/mol. The van der Waals surface area contributed by atoms with E-state index in [9.17, 15) is 22.4 Å². The highest BCUT2D eigenvalue weighted by Crippen LogP contribution is 2.42. The summed E-state index contributed by atoms with van der Waals surface area (Å²) in [5, 5.41) is -0.321. The number of benzene rings is 3. The van der Waals surface area contributed by atoms with E-state index in [2.05, 4.69) is 4.72 Å². The highest BCUT2D eigenvalue weighted by Gasteiger charge is 2.35. The van der Waals surface area contributed by atoms with E-state index in [1.165, 1.54) is 42.1 Å². The lowest BCUT2D eigenvalue weighted by Gasteiger charge is -2.26. The van der Waals surface area contributed by atoms with Gasteiger partial charge in [0.1, 0.15) is 11.2 Å². The molecule has 1 atom stereocenters. The summed E-state index contributed by atoms with van der Waals surface area (Å²) in [5.74, 6) is -0.941. The summed E-state index contributed by atoms with van der Waals surface area (Å²) >= 11 is 1.43. The number of halogens is 1. The Kier molecular flexibility index (Phi) is 6.27. The van der Waals surface area contributed by atoms with E-state index < -0.39 is 15.9 Å². The standard InChI is InChI=1S/C24H21FN2O4S2/c1-15-3-10-20(11-4-15)33(30,31)26-23(29)18-7-12-21(16(2)13-18)27-22(28)14-32-24(27)17-5-8-19(25)9-6-17/h3-13,24H,14H2,1-2H3,(H,26,29). The first kappa shape index (κ1) is 23.0. The van der Waals surface area contributed by atoms with Crippen molar-refractivity contribution in [2.75, 3.05) is 10.7 Å². The number of hydrogen-bond donors (Lipinski definition) is 1. The van der Waals surface area contributed by atoms with Crippen LogP contribution in [0.1, 0.15) is 32.4 Å². The Hall–Kier alpha value is -3.17. The summed E-state index contributed by atoms with van der Waals surface area (Å²) in [7, 11) is -4.02. The number of amides is 2. The van der Waals surface area contributed by atoms with Crippen LogP contribution in [0.2, 0.25) is 0 Å². The minimum atomic E-state index is -4.02. The number of sulfonamides is 1. The molecule has 1 unspecified atom stereocenters. The second-order valence-corrected chi connectivity index (χ2v) is 10.5. The lowest BCUT2D eigenvalue weighted by molar-refractivity contribution is -0.115. The number of carbonyl (C=O) groups is 2. The Morgan fingerprint density at radius 2 is 1.70 bits per heavy atom. The number of anilines is 1. The number of nitrogens with one attached hydrogen (secondary N) is 1. The number of aryl methyl sites for hydroxylation is 2. The molecular formula is C24H21FN2O4S2. The molecule has 1 aliphatic rings. The zero-order valence-electron chi connectivity index (χ0n) is 17.9. The van der Waals surface area contributed by atoms with Crippen LogP contribution in [0.25, 0.3) is 0 Å². The molecule has 33 heavy (non-hydrogen) atoms. The monoisotopic (exact) mass is 484 g/mol. The molecule has 1 aliphatic heterocycles. The molecule has 170 valence electrons. The molecule has 0 spiro atoms. The Labute approximate surface area is 195 Å². The van der Waals surface area contributed by atoms with E-state index in [-0.39, 0.29) is 33.3 Å². The van der Waals surface area contributed by atoms with E-state index in [1.807, 2.05) is 6.92 Å². The van der Waals surface area contributed by atoms with Gasteiger partial charge >= 0.3 is 0 Å². The molecule has 0 aromatic heterocycles. The summed E-state index contributed by atoms with van der Waals surface area (Å²) in [5.41, 5.74) is 3.10. The van der Waals surface area contributed by atoms with Crippen LogP contribution in [0.5, 0.6) is 0 Å². The molecule has 0 radical (unpaired) electrons. The zero-order chi connectivity index (χ0) is 23.8. The van der Waals surface area contributed by atoms with Crippen molar-refractivity contribution in [3.05, 3.63) is 94.8 Å². The van der Waals surface area contributed by atoms with Gasteiger partial charge in [0.2, 0.25) is 5.91 Å². The smallest absolute Gasteiger partial charge is 0.265 e. The van der Waals surface area contributed by atoms with Gasteiger partial charge < -0.3 is 0 Å². The minimum Gasteiger partial charge on any atom is -0.295 e. The van der Waals surface area contributed by atoms with E-state index in [0.29, 0.717) is 11.3 Å². The molecule has 1 saturated heterocycles. The molecule has 1 fully saturated rings. The van der Waals surface area contributed by atoms with Crippen molar-refractivity contribution in [1.82, 2.24) is 4.72 Å². The third-order valence-electron chi connectivity index (χ3n) is 5.30. The van der Waals surface area contributed by atoms with E-state index >= 15 is 0 Å². The highest BCUT2D eigenvalue weighted by atomic mass is 32.2. The van der Waals surface area contributed by atoms with E-state index in [0.717, 1.165) is 11.1 Å². The Morgan fingerprint density at radius 3 is 2.33 bits per heavy atom. The number of nitrogens with zero attached hydrogens (tertiary/aromatic N) is 1. The lowest BCUT2D eigenvalue weighted by atomic mass is 10.1. The maximum atomic E-state index is 13.3. The summed E-state index contributed by atoms with van der Waals surface area (Å²) in [6.45, 7) is 3.59. The van der Waals surface area contributed by atoms with Crippen LogP contribution < -0.4 is 9.62 Å². The van der Waals surface area contributed by atoms with Crippen molar-refractivity contribution in [2.45, 2.75) is 24.1 Å². The first-order valence-corrected chi connectivity index (χ1v) is 12.6. The van der Waals surface area contributed by atoms with Crippen LogP contribution >= 0.6 is 11.8 Å². The predicted molar refractivity (Wildman–Crippen MR) is 126 cm³/mol. The van der Waals surface area contributed by atoms with Gasteiger partial charge in [-0.3, -0.25) is 14.5 Å². The molecule has 0 aliphatic carbocycles. The third-order valence-corrected chi connectivity index (χ3v) is 7.86. The number of hydrogen-bond acceptors (Lipinski definition) is 5. The molecule has 1 heterocycles. The van der Waals surface area contributed by atoms with Crippen LogP contribution in [0, 0.1) is 19.7 Å². The fourth-order valence-electron chi connectivity index (χ4n) is 3.58. The summed E-state index contributed by atoms with van der Waals surface area (Å²) in [4.78, 5) is 26.9. The topological polar surface area (TPSA) is 83.6 Å². The van der Waals surface area contributed by atoms with Gasteiger partial charge in [-0.1, -0.05) is 29.8 Å². The van der Waals surface area contributed by atoms with Crippen LogP contribution in [-0.4, -0.2) is 26.0 Å².